The number of halogens is 1. The van der Waals surface area contributed by atoms with Crippen LogP contribution in [0.2, 0.25) is 0 Å². The van der Waals surface area contributed by atoms with Crippen molar-refractivity contribution in [1.82, 2.24) is 0 Å². The number of allylic oxidation sites excluding steroid dienone is 2. The maximum atomic E-state index is 13.1. The van der Waals surface area contributed by atoms with Crippen LogP contribution in [0.5, 0.6) is 0 Å². The summed E-state index contributed by atoms with van der Waals surface area (Å²) in [6.07, 6.45) is 4.38. The van der Waals surface area contributed by atoms with Gasteiger partial charge in [0.1, 0.15) is 5.82 Å². The van der Waals surface area contributed by atoms with Crippen molar-refractivity contribution < 1.29 is 4.39 Å². The van der Waals surface area contributed by atoms with Gasteiger partial charge < -0.3 is 0 Å². The lowest BCUT2D eigenvalue weighted by Crippen LogP contribution is -2.04. The minimum atomic E-state index is -0.128. The average molecular weight is 190 g/mol. The average Bonchev–Trinajstić information content (AvgIpc) is 2.16. The molecule has 1 aliphatic carbocycles. The predicted molar refractivity (Wildman–Crippen MR) is 57.5 cm³/mol. The third-order valence-corrected chi connectivity index (χ3v) is 2.78. The number of rotatable bonds is 1. The monoisotopic (exact) mass is 190 g/mol. The van der Waals surface area contributed by atoms with E-state index in [0.717, 1.165) is 18.4 Å². The molecular weight excluding hydrogens is 175 g/mol. The molecule has 0 fully saturated rings. The zero-order chi connectivity index (χ0) is 10.1. The van der Waals surface area contributed by atoms with E-state index in [-0.39, 0.29) is 5.82 Å². The van der Waals surface area contributed by atoms with E-state index in [1.807, 2.05) is 6.07 Å². The second-order valence-corrected chi connectivity index (χ2v) is 4.15. The van der Waals surface area contributed by atoms with E-state index < -0.39 is 0 Å². The molecule has 1 heteroatoms. The zero-order valence-corrected chi connectivity index (χ0v) is 8.68. The summed E-state index contributed by atoms with van der Waals surface area (Å²) in [4.78, 5) is 0. The van der Waals surface area contributed by atoms with Crippen LogP contribution in [0.15, 0.2) is 24.3 Å². The summed E-state index contributed by atoms with van der Waals surface area (Å²) in [7, 11) is 0. The molecule has 14 heavy (non-hydrogen) atoms. The molecule has 0 saturated heterocycles. The maximum Gasteiger partial charge on any atom is 0.123 e. The van der Waals surface area contributed by atoms with E-state index in [2.05, 4.69) is 19.9 Å². The van der Waals surface area contributed by atoms with Gasteiger partial charge in [0.25, 0.3) is 0 Å². The van der Waals surface area contributed by atoms with Gasteiger partial charge in [-0.15, -0.1) is 0 Å². The Labute approximate surface area is 84.5 Å². The number of fused-ring (bicyclic) bond motifs is 1. The highest BCUT2D eigenvalue weighted by molar-refractivity contribution is 5.71. The lowest BCUT2D eigenvalue weighted by molar-refractivity contribution is 0.625. The molecule has 0 saturated carbocycles. The Hall–Kier alpha value is -1.11. The molecule has 2 rings (SSSR count). The van der Waals surface area contributed by atoms with Crippen LogP contribution in [0.3, 0.4) is 0 Å². The number of benzene rings is 1. The van der Waals surface area contributed by atoms with Crippen molar-refractivity contribution in [2.24, 2.45) is 5.92 Å². The molecule has 74 valence electrons. The lowest BCUT2D eigenvalue weighted by atomic mass is 9.85. The summed E-state index contributed by atoms with van der Waals surface area (Å²) >= 11 is 0. The molecule has 0 amide bonds. The lowest BCUT2D eigenvalue weighted by Gasteiger charge is -2.20. The van der Waals surface area contributed by atoms with E-state index in [0.29, 0.717) is 5.92 Å². The first-order valence-corrected chi connectivity index (χ1v) is 5.17. The Bertz CT molecular complexity index is 375. The molecular formula is C13H15F. The molecule has 0 nitrogen and oxygen atoms in total. The van der Waals surface area contributed by atoms with E-state index in [9.17, 15) is 4.39 Å². The molecule has 0 atom stereocenters. The molecule has 0 spiro atoms. The summed E-state index contributed by atoms with van der Waals surface area (Å²) in [5.74, 6) is 0.355. The first kappa shape index (κ1) is 9.45. The quantitative estimate of drug-likeness (QED) is 0.631. The van der Waals surface area contributed by atoms with E-state index in [1.54, 1.807) is 12.1 Å². The fourth-order valence-electron chi connectivity index (χ4n) is 2.08. The molecule has 0 aromatic heterocycles. The second kappa shape index (κ2) is 3.56. The van der Waals surface area contributed by atoms with Gasteiger partial charge in [0.15, 0.2) is 0 Å². The molecule has 0 radical (unpaired) electrons. The van der Waals surface area contributed by atoms with Crippen LogP contribution in [0, 0.1) is 11.7 Å². The Kier molecular flexibility index (Phi) is 2.40. The van der Waals surface area contributed by atoms with Crippen LogP contribution in [0.4, 0.5) is 4.39 Å². The second-order valence-electron chi connectivity index (χ2n) is 4.15. The summed E-state index contributed by atoms with van der Waals surface area (Å²) in [5, 5.41) is 0. The molecule has 1 aromatic rings. The largest absolute Gasteiger partial charge is 0.207 e. The number of hydrogen-bond donors (Lipinski definition) is 0. The van der Waals surface area contributed by atoms with Gasteiger partial charge in [-0.2, -0.15) is 0 Å². The van der Waals surface area contributed by atoms with E-state index >= 15 is 0 Å². The minimum Gasteiger partial charge on any atom is -0.207 e. The van der Waals surface area contributed by atoms with Gasteiger partial charge in [0.05, 0.1) is 0 Å². The minimum absolute atomic E-state index is 0.128. The van der Waals surface area contributed by atoms with Crippen molar-refractivity contribution in [2.75, 3.05) is 0 Å². The summed E-state index contributed by atoms with van der Waals surface area (Å²) in [6, 6.07) is 5.14. The Morgan fingerprint density at radius 1 is 1.29 bits per heavy atom. The fourth-order valence-corrected chi connectivity index (χ4v) is 2.08. The van der Waals surface area contributed by atoms with Crippen LogP contribution >= 0.6 is 0 Å². The first-order valence-electron chi connectivity index (χ1n) is 5.17. The SMILES string of the molecule is CC(C)C1=CCCc2ccc(F)cc21. The highest BCUT2D eigenvalue weighted by Gasteiger charge is 2.15. The van der Waals surface area contributed by atoms with Crippen molar-refractivity contribution >= 4 is 5.57 Å². The summed E-state index contributed by atoms with van der Waals surface area (Å²) < 4.78 is 13.1. The van der Waals surface area contributed by atoms with Gasteiger partial charge in [0, 0.05) is 0 Å². The van der Waals surface area contributed by atoms with Crippen molar-refractivity contribution in [3.8, 4) is 0 Å². The van der Waals surface area contributed by atoms with Crippen molar-refractivity contribution in [1.29, 1.82) is 0 Å². The molecule has 0 unspecified atom stereocenters. The van der Waals surface area contributed by atoms with Gasteiger partial charge in [-0.1, -0.05) is 26.0 Å². The highest BCUT2D eigenvalue weighted by atomic mass is 19.1. The molecule has 1 aromatic carbocycles. The Balaban J connectivity index is 2.51. The zero-order valence-electron chi connectivity index (χ0n) is 8.68. The van der Waals surface area contributed by atoms with Crippen LogP contribution in [0.25, 0.3) is 5.57 Å². The van der Waals surface area contributed by atoms with Gasteiger partial charge in [-0.25, -0.2) is 4.39 Å². The standard InChI is InChI=1S/C13H15F/c1-9(2)12-5-3-4-10-6-7-11(14)8-13(10)12/h5-9H,3-4H2,1-2H3. The first-order chi connectivity index (χ1) is 6.68. The molecule has 0 aliphatic heterocycles. The van der Waals surface area contributed by atoms with Gasteiger partial charge in [0.2, 0.25) is 0 Å². The molecule has 0 bridgehead atoms. The van der Waals surface area contributed by atoms with Crippen LogP contribution in [-0.4, -0.2) is 0 Å². The third-order valence-electron chi connectivity index (χ3n) is 2.78. The van der Waals surface area contributed by atoms with Crippen LogP contribution in [0.1, 0.15) is 31.4 Å². The van der Waals surface area contributed by atoms with E-state index in [1.165, 1.54) is 11.1 Å². The molecule has 0 N–H and O–H groups in total. The fraction of sp³-hybridized carbons (Fsp3) is 0.385. The van der Waals surface area contributed by atoms with Crippen LogP contribution < -0.4 is 0 Å². The van der Waals surface area contributed by atoms with Crippen LogP contribution in [-0.2, 0) is 6.42 Å². The summed E-state index contributed by atoms with van der Waals surface area (Å²) in [6.45, 7) is 4.32. The Morgan fingerprint density at radius 2 is 2.07 bits per heavy atom. The topological polar surface area (TPSA) is 0 Å². The van der Waals surface area contributed by atoms with Crippen molar-refractivity contribution in [3.63, 3.8) is 0 Å². The molecule has 0 heterocycles. The smallest absolute Gasteiger partial charge is 0.123 e. The number of hydrogen-bond acceptors (Lipinski definition) is 0. The maximum absolute atomic E-state index is 13.1. The highest BCUT2D eigenvalue weighted by Crippen LogP contribution is 2.31. The molecule has 1 aliphatic rings. The van der Waals surface area contributed by atoms with E-state index in [4.69, 9.17) is 0 Å². The van der Waals surface area contributed by atoms with Gasteiger partial charge >= 0.3 is 0 Å². The third kappa shape index (κ3) is 1.59. The number of aryl methyl sites for hydroxylation is 1. The van der Waals surface area contributed by atoms with Crippen molar-refractivity contribution in [2.45, 2.75) is 26.7 Å². The van der Waals surface area contributed by atoms with Crippen molar-refractivity contribution in [3.05, 3.63) is 41.2 Å². The van der Waals surface area contributed by atoms with Gasteiger partial charge in [-0.05, 0) is 47.6 Å². The normalized spacial score (nSPS) is 15.3. The Morgan fingerprint density at radius 3 is 2.79 bits per heavy atom. The summed E-state index contributed by atoms with van der Waals surface area (Å²) in [5.41, 5.74) is 3.70. The predicted octanol–water partition coefficient (Wildman–Crippen LogP) is 3.81. The van der Waals surface area contributed by atoms with Gasteiger partial charge in [-0.3, -0.25) is 0 Å².